The Morgan fingerprint density at radius 1 is 1.26 bits per heavy atom. The van der Waals surface area contributed by atoms with Gasteiger partial charge in [-0.1, -0.05) is 12.1 Å². The number of piperidine rings is 1. The average molecular weight is 370 g/mol. The van der Waals surface area contributed by atoms with E-state index in [1.807, 2.05) is 0 Å². The molecule has 2 amide bonds. The monoisotopic (exact) mass is 370 g/mol. The number of hydrogen-bond acceptors (Lipinski definition) is 5. The largest absolute Gasteiger partial charge is 0.391 e. The Bertz CT molecular complexity index is 737. The van der Waals surface area contributed by atoms with E-state index >= 15 is 0 Å². The number of carbonyl (C=O) groups excluding carboxylic acids is 2. The molecule has 3 N–H and O–H groups in total. The lowest BCUT2D eigenvalue weighted by Crippen LogP contribution is -2.47. The molecular formula is C20H26N4O3. The van der Waals surface area contributed by atoms with Crippen molar-refractivity contribution in [3.8, 4) is 6.07 Å². The first-order valence-electron chi connectivity index (χ1n) is 9.55. The zero-order valence-electron chi connectivity index (χ0n) is 15.4. The molecule has 27 heavy (non-hydrogen) atoms. The first-order chi connectivity index (χ1) is 13.0. The van der Waals surface area contributed by atoms with E-state index < -0.39 is 11.6 Å². The van der Waals surface area contributed by atoms with E-state index in [2.05, 4.69) is 16.7 Å². The average Bonchev–Trinajstić information content (AvgIpc) is 3.15. The summed E-state index contributed by atoms with van der Waals surface area (Å²) in [6, 6.07) is 9.30. The van der Waals surface area contributed by atoms with E-state index in [0.29, 0.717) is 43.6 Å². The molecule has 0 spiro atoms. The summed E-state index contributed by atoms with van der Waals surface area (Å²) >= 11 is 0. The fourth-order valence-corrected chi connectivity index (χ4v) is 3.86. The van der Waals surface area contributed by atoms with Crippen LogP contribution in [0.4, 0.5) is 5.69 Å². The molecule has 2 fully saturated rings. The first-order valence-corrected chi connectivity index (χ1v) is 9.55. The van der Waals surface area contributed by atoms with Gasteiger partial charge in [0.2, 0.25) is 5.91 Å². The number of benzene rings is 1. The van der Waals surface area contributed by atoms with Gasteiger partial charge in [-0.25, -0.2) is 0 Å². The number of amides is 2. The molecule has 7 nitrogen and oxygen atoms in total. The number of nitrogens with zero attached hydrogens (tertiary/aromatic N) is 2. The third-order valence-electron chi connectivity index (χ3n) is 5.33. The molecule has 1 atom stereocenters. The summed E-state index contributed by atoms with van der Waals surface area (Å²) in [5, 5.41) is 25.1. The van der Waals surface area contributed by atoms with E-state index in [1.165, 1.54) is 0 Å². The molecule has 3 rings (SSSR count). The molecule has 0 radical (unpaired) electrons. The van der Waals surface area contributed by atoms with Gasteiger partial charge >= 0.3 is 0 Å². The second-order valence-electron chi connectivity index (χ2n) is 7.40. The van der Waals surface area contributed by atoms with E-state index in [4.69, 9.17) is 0 Å². The minimum absolute atomic E-state index is 0.00362. The summed E-state index contributed by atoms with van der Waals surface area (Å²) in [4.78, 5) is 26.8. The molecular weight excluding hydrogens is 344 g/mol. The summed E-state index contributed by atoms with van der Waals surface area (Å²) in [7, 11) is 0. The fourth-order valence-electron chi connectivity index (χ4n) is 3.86. The topological polar surface area (TPSA) is 105 Å². The number of β-amino-alcohol motifs (C(OH)–C–C–N with tert-alkyl or cyclic N) is 1. The van der Waals surface area contributed by atoms with E-state index in [9.17, 15) is 20.0 Å². The normalized spacial score (nSPS) is 21.3. The number of aliphatic hydroxyl groups excluding tert-OH is 1. The van der Waals surface area contributed by atoms with Crippen molar-refractivity contribution >= 4 is 17.5 Å². The van der Waals surface area contributed by atoms with Gasteiger partial charge in [0.25, 0.3) is 5.91 Å². The van der Waals surface area contributed by atoms with Crippen LogP contribution >= 0.6 is 0 Å². The molecule has 1 aliphatic carbocycles. The molecule has 2 aliphatic rings. The predicted octanol–water partition coefficient (Wildman–Crippen LogP) is 1.65. The zero-order valence-corrected chi connectivity index (χ0v) is 15.4. The van der Waals surface area contributed by atoms with Crippen molar-refractivity contribution in [2.75, 3.05) is 25.0 Å². The van der Waals surface area contributed by atoms with Crippen LogP contribution in [-0.4, -0.2) is 53.1 Å². The highest BCUT2D eigenvalue weighted by molar-refractivity contribution is 6.00. The van der Waals surface area contributed by atoms with Crippen molar-refractivity contribution in [1.82, 2.24) is 10.2 Å². The van der Waals surface area contributed by atoms with E-state index in [0.717, 1.165) is 19.3 Å². The van der Waals surface area contributed by atoms with Crippen molar-refractivity contribution in [2.45, 2.75) is 50.2 Å². The minimum atomic E-state index is -0.752. The van der Waals surface area contributed by atoms with E-state index in [1.54, 1.807) is 29.2 Å². The maximum atomic E-state index is 12.8. The standard InChI is InChI=1S/C20H26N4O3/c21-14-20(9-3-4-10-20)23-18(26)12-22-17-8-2-1-7-16(17)19(27)24-11-5-6-15(25)13-24/h1-2,7-8,15,22,25H,3-6,9-13H2,(H,23,26)/t15-/m0/s1. The molecule has 1 saturated carbocycles. The number of likely N-dealkylation sites (tertiary alicyclic amines) is 1. The van der Waals surface area contributed by atoms with Crippen LogP contribution in [0.1, 0.15) is 48.9 Å². The van der Waals surface area contributed by atoms with Gasteiger partial charge in [0, 0.05) is 18.8 Å². The summed E-state index contributed by atoms with van der Waals surface area (Å²) in [6.07, 6.45) is 4.26. The minimum Gasteiger partial charge on any atom is -0.391 e. The molecule has 0 bridgehead atoms. The molecule has 1 aliphatic heterocycles. The Balaban J connectivity index is 1.63. The second kappa shape index (κ2) is 8.40. The quantitative estimate of drug-likeness (QED) is 0.731. The Labute approximate surface area is 159 Å². The van der Waals surface area contributed by atoms with Crippen molar-refractivity contribution in [3.05, 3.63) is 29.8 Å². The van der Waals surface area contributed by atoms with Crippen LogP contribution in [0.3, 0.4) is 0 Å². The number of rotatable bonds is 5. The van der Waals surface area contributed by atoms with Crippen molar-refractivity contribution < 1.29 is 14.7 Å². The number of carbonyl (C=O) groups is 2. The number of nitriles is 1. The van der Waals surface area contributed by atoms with Gasteiger partial charge in [0.1, 0.15) is 5.54 Å². The Morgan fingerprint density at radius 3 is 2.70 bits per heavy atom. The lowest BCUT2D eigenvalue weighted by Gasteiger charge is -2.30. The molecule has 1 aromatic carbocycles. The van der Waals surface area contributed by atoms with Gasteiger partial charge in [-0.15, -0.1) is 0 Å². The van der Waals surface area contributed by atoms with Gasteiger partial charge in [-0.2, -0.15) is 5.26 Å². The smallest absolute Gasteiger partial charge is 0.256 e. The first kappa shape index (κ1) is 19.2. The highest BCUT2D eigenvalue weighted by Gasteiger charge is 2.35. The van der Waals surface area contributed by atoms with Gasteiger partial charge in [0.05, 0.1) is 24.3 Å². The second-order valence-corrected chi connectivity index (χ2v) is 7.40. The van der Waals surface area contributed by atoms with Gasteiger partial charge in [-0.05, 0) is 50.7 Å². The van der Waals surface area contributed by atoms with Crippen molar-refractivity contribution in [1.29, 1.82) is 5.26 Å². The SMILES string of the molecule is N#CC1(NC(=O)CNc2ccccc2C(=O)N2CCC[C@H](O)C2)CCCC1. The predicted molar refractivity (Wildman–Crippen MR) is 101 cm³/mol. The van der Waals surface area contributed by atoms with Crippen LogP contribution < -0.4 is 10.6 Å². The lowest BCUT2D eigenvalue weighted by molar-refractivity contribution is -0.120. The number of hydrogen-bond donors (Lipinski definition) is 3. The number of aliphatic hydroxyl groups is 1. The molecule has 1 saturated heterocycles. The van der Waals surface area contributed by atoms with Crippen molar-refractivity contribution in [3.63, 3.8) is 0 Å². The number of nitrogens with one attached hydrogen (secondary N) is 2. The van der Waals surface area contributed by atoms with Crippen LogP contribution in [0.2, 0.25) is 0 Å². The molecule has 0 aromatic heterocycles. The van der Waals surface area contributed by atoms with Crippen LogP contribution in [0.25, 0.3) is 0 Å². The number of anilines is 1. The molecule has 1 heterocycles. The lowest BCUT2D eigenvalue weighted by atomic mass is 10.00. The van der Waals surface area contributed by atoms with Gasteiger partial charge in [0.15, 0.2) is 0 Å². The summed E-state index contributed by atoms with van der Waals surface area (Å²) in [6.45, 7) is 0.949. The highest BCUT2D eigenvalue weighted by atomic mass is 16.3. The van der Waals surface area contributed by atoms with Crippen LogP contribution in [-0.2, 0) is 4.79 Å². The zero-order chi connectivity index (χ0) is 19.3. The summed E-state index contributed by atoms with van der Waals surface area (Å²) in [5.74, 6) is -0.407. The van der Waals surface area contributed by atoms with Crippen LogP contribution in [0.5, 0.6) is 0 Å². The Kier molecular flexibility index (Phi) is 5.97. The van der Waals surface area contributed by atoms with Gasteiger partial charge in [-0.3, -0.25) is 9.59 Å². The fraction of sp³-hybridized carbons (Fsp3) is 0.550. The summed E-state index contributed by atoms with van der Waals surface area (Å²) < 4.78 is 0. The Morgan fingerprint density at radius 2 is 2.00 bits per heavy atom. The van der Waals surface area contributed by atoms with Crippen LogP contribution in [0, 0.1) is 11.3 Å². The third-order valence-corrected chi connectivity index (χ3v) is 5.33. The van der Waals surface area contributed by atoms with E-state index in [-0.39, 0.29) is 18.4 Å². The Hall–Kier alpha value is -2.59. The summed E-state index contributed by atoms with van der Waals surface area (Å²) in [5.41, 5.74) is 0.309. The van der Waals surface area contributed by atoms with Crippen LogP contribution in [0.15, 0.2) is 24.3 Å². The maximum absolute atomic E-state index is 12.8. The molecule has 144 valence electrons. The highest BCUT2D eigenvalue weighted by Crippen LogP contribution is 2.28. The number of para-hydroxylation sites is 1. The molecule has 0 unspecified atom stereocenters. The van der Waals surface area contributed by atoms with Crippen molar-refractivity contribution in [2.24, 2.45) is 0 Å². The molecule has 7 heteroatoms. The maximum Gasteiger partial charge on any atom is 0.256 e. The van der Waals surface area contributed by atoms with Gasteiger partial charge < -0.3 is 20.6 Å². The molecule has 1 aromatic rings. The third kappa shape index (κ3) is 4.58.